The normalized spacial score (nSPS) is 15.2. The molecule has 5 atom stereocenters. The second kappa shape index (κ2) is 66.9. The van der Waals surface area contributed by atoms with Crippen molar-refractivity contribution in [1.82, 2.24) is 0 Å². The first kappa shape index (κ1) is 87.9. The number of carbonyl (C=O) groups excluding carboxylic acids is 3. The lowest BCUT2D eigenvalue weighted by molar-refractivity contribution is -0.161. The Bertz CT molecular complexity index is 2370. The average molecular weight is 1340 g/mol. The molecule has 0 saturated carbocycles. The molecule has 0 spiro atoms. The van der Waals surface area contributed by atoms with Crippen LogP contribution in [0, 0.1) is 0 Å². The summed E-state index contributed by atoms with van der Waals surface area (Å²) in [5.41, 5.74) is 0. The molecule has 0 aromatic rings. The molecule has 0 bridgehead atoms. The van der Waals surface area contributed by atoms with Gasteiger partial charge in [-0.15, -0.1) is 0 Å². The Morgan fingerprint density at radius 3 is 0.968 bits per heavy atom. The van der Waals surface area contributed by atoms with E-state index in [1.54, 1.807) is 0 Å². The summed E-state index contributed by atoms with van der Waals surface area (Å²) in [7, 11) is -9.83. The van der Waals surface area contributed by atoms with E-state index < -0.39 is 91.5 Å². The Hall–Kier alpha value is -5.09. The quantitative estimate of drug-likeness (QED) is 0.0146. The van der Waals surface area contributed by atoms with E-state index in [-0.39, 0.29) is 19.3 Å². The molecule has 0 radical (unpaired) electrons. The minimum Gasteiger partial charge on any atom is -0.463 e. The van der Waals surface area contributed by atoms with Gasteiger partial charge < -0.3 is 34.2 Å². The maximum Gasteiger partial charge on any atom is 0.472 e. The molecule has 0 saturated heterocycles. The number of phosphoric ester groups is 2. The predicted molar refractivity (Wildman–Crippen MR) is 380 cm³/mol. The van der Waals surface area contributed by atoms with Gasteiger partial charge in [-0.2, -0.15) is 0 Å². The fraction of sp³-hybridized carbons (Fsp3) is 0.587. The van der Waals surface area contributed by atoms with Crippen molar-refractivity contribution in [2.45, 2.75) is 245 Å². The Balaban J connectivity index is 4.76. The van der Waals surface area contributed by atoms with E-state index in [0.29, 0.717) is 25.7 Å². The van der Waals surface area contributed by atoms with Gasteiger partial charge in [-0.3, -0.25) is 32.5 Å². The van der Waals surface area contributed by atoms with Crippen LogP contribution < -0.4 is 0 Å². The van der Waals surface area contributed by atoms with Gasteiger partial charge in [0, 0.05) is 19.3 Å². The fourth-order valence-corrected chi connectivity index (χ4v) is 9.80. The van der Waals surface area contributed by atoms with Crippen LogP contribution in [-0.4, -0.2) is 95.9 Å². The highest BCUT2D eigenvalue weighted by atomic mass is 31.2. The molecule has 0 rings (SSSR count). The summed E-state index contributed by atoms with van der Waals surface area (Å²) < 4.78 is 60.8. The fourth-order valence-electron chi connectivity index (χ4n) is 8.22. The molecule has 0 fully saturated rings. The lowest BCUT2D eigenvalue weighted by Gasteiger charge is -2.21. The van der Waals surface area contributed by atoms with Crippen LogP contribution in [-0.2, 0) is 55.8 Å². The van der Waals surface area contributed by atoms with Gasteiger partial charge in [0.2, 0.25) is 0 Å². The average Bonchev–Trinajstić information content (AvgIpc) is 3.74. The van der Waals surface area contributed by atoms with E-state index in [1.165, 1.54) is 19.3 Å². The summed E-state index contributed by atoms with van der Waals surface area (Å²) in [5, 5.41) is 20.6. The number of allylic oxidation sites excluding steroid dienone is 28. The molecule has 0 amide bonds. The number of phosphoric acid groups is 2. The van der Waals surface area contributed by atoms with Crippen molar-refractivity contribution in [3.05, 3.63) is 170 Å². The summed E-state index contributed by atoms with van der Waals surface area (Å²) in [4.78, 5) is 58.4. The molecule has 4 N–H and O–H groups in total. The SMILES string of the molecule is CC/C=C\C/C=C\C/C=C\C/C=C\C/C=C\C/C=C\CCCCCCC(=O)OCC(O)COP(=O)(O)OCC(O)COP(=O)(O)OCC(COC(=O)CC/C=C\C/C=C\C/C=C\C/C=C\C/C=C\C/C=C\CC)OC(=O)CCCCCCC/C=C\C/C=C\CCCCC. The minimum absolute atomic E-state index is 0.0352. The van der Waals surface area contributed by atoms with Crippen molar-refractivity contribution >= 4 is 33.6 Å². The summed E-state index contributed by atoms with van der Waals surface area (Å²) in [6.45, 7) is 2.24. The highest BCUT2D eigenvalue weighted by Gasteiger charge is 2.29. The molecule has 0 aromatic carbocycles. The zero-order valence-electron chi connectivity index (χ0n) is 56.9. The van der Waals surface area contributed by atoms with E-state index in [1.807, 2.05) is 18.2 Å². The highest BCUT2D eigenvalue weighted by Crippen LogP contribution is 2.45. The smallest absolute Gasteiger partial charge is 0.463 e. The number of carbonyl (C=O) groups is 3. The number of esters is 3. The van der Waals surface area contributed by atoms with Gasteiger partial charge in [0.1, 0.15) is 25.4 Å². The first-order valence-electron chi connectivity index (χ1n) is 34.4. The second-order valence-electron chi connectivity index (χ2n) is 22.2. The predicted octanol–water partition coefficient (Wildman–Crippen LogP) is 19.3. The van der Waals surface area contributed by atoms with E-state index in [4.69, 9.17) is 32.3 Å². The first-order chi connectivity index (χ1) is 45.2. The topological polar surface area (TPSA) is 231 Å². The number of hydrogen-bond donors (Lipinski definition) is 4. The van der Waals surface area contributed by atoms with Crippen LogP contribution in [0.4, 0.5) is 0 Å². The zero-order chi connectivity index (χ0) is 68.1. The van der Waals surface area contributed by atoms with Crippen molar-refractivity contribution in [3.8, 4) is 0 Å². The van der Waals surface area contributed by atoms with Crippen molar-refractivity contribution in [3.63, 3.8) is 0 Å². The molecule has 0 aliphatic rings. The summed E-state index contributed by atoms with van der Waals surface area (Å²) >= 11 is 0. The standard InChI is InChI=1S/C75H120O16P2/c1-4-7-10-13-16-19-22-25-28-30-32-33-34-35-37-39-41-43-46-49-52-55-58-61-73(78)85-64-70(76)65-87-92(81,82)88-66-71(77)67-89-93(83,84)90-69-72(91-75(80)63-60-57-54-51-48-45-40-27-24-21-18-15-12-9-6-3)68-86-74(79)62-59-56-53-50-47-44-42-38-36-31-29-26-23-20-17-14-11-8-5-2/h7-8,10-11,16-21,25-29,32-33,35-38,40-41,43-44,47,53,56,70-72,76-77H,4-6,9,12-15,22-24,30-31,34,39,42,45-46,48-52,54-55,57-69H2,1-3H3,(H,81,82)(H,83,84)/b10-7-,11-8-,19-16-,20-17-,21-18-,28-25-,29-26-,33-32-,37-35-,38-36-,40-27-,43-41-,47-44-,56-53-. The van der Waals surface area contributed by atoms with E-state index in [9.17, 15) is 43.5 Å². The Morgan fingerprint density at radius 1 is 0.312 bits per heavy atom. The summed E-state index contributed by atoms with van der Waals surface area (Å²) in [5.74, 6) is -1.73. The minimum atomic E-state index is -4.95. The van der Waals surface area contributed by atoms with Gasteiger partial charge in [-0.1, -0.05) is 236 Å². The van der Waals surface area contributed by atoms with E-state index >= 15 is 0 Å². The van der Waals surface area contributed by atoms with Crippen LogP contribution in [0.15, 0.2) is 170 Å². The monoisotopic (exact) mass is 1340 g/mol. The van der Waals surface area contributed by atoms with Crippen LogP contribution in [0.1, 0.15) is 226 Å². The second-order valence-corrected chi connectivity index (χ2v) is 25.1. The molecular formula is C75H120O16P2. The van der Waals surface area contributed by atoms with Crippen LogP contribution in [0.2, 0.25) is 0 Å². The van der Waals surface area contributed by atoms with Crippen molar-refractivity contribution in [2.75, 3.05) is 39.6 Å². The number of unbranched alkanes of at least 4 members (excludes halogenated alkanes) is 12. The largest absolute Gasteiger partial charge is 0.472 e. The van der Waals surface area contributed by atoms with Crippen molar-refractivity contribution < 1.29 is 75.8 Å². The number of ether oxygens (including phenoxy) is 3. The van der Waals surface area contributed by atoms with Crippen LogP contribution in [0.5, 0.6) is 0 Å². The van der Waals surface area contributed by atoms with Gasteiger partial charge in [0.05, 0.1) is 26.4 Å². The van der Waals surface area contributed by atoms with E-state index in [0.717, 1.165) is 141 Å². The lowest BCUT2D eigenvalue weighted by atomic mass is 10.1. The van der Waals surface area contributed by atoms with Gasteiger partial charge in [-0.25, -0.2) is 9.13 Å². The maximum atomic E-state index is 12.9. The third-order valence-electron chi connectivity index (χ3n) is 13.4. The number of aliphatic hydroxyl groups is 2. The number of aliphatic hydroxyl groups excluding tert-OH is 2. The number of rotatable bonds is 63. The molecule has 0 aliphatic heterocycles. The Kier molecular flexibility index (Phi) is 63.2. The Morgan fingerprint density at radius 2 is 0.591 bits per heavy atom. The van der Waals surface area contributed by atoms with Crippen LogP contribution in [0.3, 0.4) is 0 Å². The van der Waals surface area contributed by atoms with Crippen LogP contribution >= 0.6 is 15.6 Å². The maximum absolute atomic E-state index is 12.9. The molecule has 18 heteroatoms. The summed E-state index contributed by atoms with van der Waals surface area (Å²) in [6.07, 6.45) is 82.7. The first-order valence-corrected chi connectivity index (χ1v) is 37.4. The molecule has 16 nitrogen and oxygen atoms in total. The molecule has 5 unspecified atom stereocenters. The van der Waals surface area contributed by atoms with Crippen molar-refractivity contribution in [2.24, 2.45) is 0 Å². The van der Waals surface area contributed by atoms with Crippen LogP contribution in [0.25, 0.3) is 0 Å². The third-order valence-corrected chi connectivity index (χ3v) is 15.3. The molecule has 0 heterocycles. The van der Waals surface area contributed by atoms with Gasteiger partial charge in [-0.05, 0) is 141 Å². The lowest BCUT2D eigenvalue weighted by Crippen LogP contribution is -2.30. The molecule has 93 heavy (non-hydrogen) atoms. The highest BCUT2D eigenvalue weighted by molar-refractivity contribution is 7.47. The third kappa shape index (κ3) is 68.1. The molecular weight excluding hydrogens is 1220 g/mol. The van der Waals surface area contributed by atoms with Gasteiger partial charge in [0.15, 0.2) is 6.10 Å². The zero-order valence-corrected chi connectivity index (χ0v) is 58.6. The van der Waals surface area contributed by atoms with E-state index in [2.05, 4.69) is 173 Å². The van der Waals surface area contributed by atoms with Gasteiger partial charge in [0.25, 0.3) is 0 Å². The van der Waals surface area contributed by atoms with Gasteiger partial charge >= 0.3 is 33.6 Å². The Labute approximate surface area is 561 Å². The molecule has 0 aromatic heterocycles. The summed E-state index contributed by atoms with van der Waals surface area (Å²) in [6, 6.07) is 0. The van der Waals surface area contributed by atoms with Crippen molar-refractivity contribution in [1.29, 1.82) is 0 Å². The molecule has 0 aliphatic carbocycles. The number of hydrogen-bond acceptors (Lipinski definition) is 14. The molecule has 526 valence electrons.